The highest BCUT2D eigenvalue weighted by Crippen LogP contribution is 2.32. The van der Waals surface area contributed by atoms with Crippen LogP contribution in [-0.4, -0.2) is 54.9 Å². The number of methoxy groups -OCH3 is 1. The molecule has 2 amide bonds. The topological polar surface area (TPSA) is 49.9 Å². The van der Waals surface area contributed by atoms with Gasteiger partial charge in [0.1, 0.15) is 5.75 Å². The summed E-state index contributed by atoms with van der Waals surface area (Å²) in [6, 6.07) is 4.13. The molecule has 2 aliphatic heterocycles. The quantitative estimate of drug-likeness (QED) is 0.800. The molecule has 5 heteroatoms. The van der Waals surface area contributed by atoms with E-state index in [1.807, 2.05) is 9.80 Å². The zero-order valence-electron chi connectivity index (χ0n) is 16.3. The van der Waals surface area contributed by atoms with Crippen molar-refractivity contribution in [1.29, 1.82) is 0 Å². The van der Waals surface area contributed by atoms with E-state index >= 15 is 0 Å². The number of rotatable bonds is 5. The first-order valence-electron chi connectivity index (χ1n) is 10.4. The normalized spacial score (nSPS) is 20.3. The fourth-order valence-electron chi connectivity index (χ4n) is 4.81. The molecule has 1 aromatic rings. The molecule has 0 N–H and O–H groups in total. The first kappa shape index (κ1) is 18.3. The number of carbonyl (C=O) groups excluding carboxylic acids is 2. The lowest BCUT2D eigenvalue weighted by Crippen LogP contribution is -2.39. The van der Waals surface area contributed by atoms with E-state index < -0.39 is 0 Å². The van der Waals surface area contributed by atoms with Gasteiger partial charge in [-0.15, -0.1) is 0 Å². The summed E-state index contributed by atoms with van der Waals surface area (Å²) < 4.78 is 5.52. The second kappa shape index (κ2) is 7.91. The fourth-order valence-corrected chi connectivity index (χ4v) is 4.81. The summed E-state index contributed by atoms with van der Waals surface area (Å²) in [6.07, 6.45) is 8.17. The van der Waals surface area contributed by atoms with Gasteiger partial charge in [0.2, 0.25) is 5.91 Å². The van der Waals surface area contributed by atoms with Gasteiger partial charge in [0.25, 0.3) is 5.91 Å². The molecule has 2 saturated heterocycles. The summed E-state index contributed by atoms with van der Waals surface area (Å²) in [5.74, 6) is 1.75. The van der Waals surface area contributed by atoms with E-state index in [4.69, 9.17) is 4.74 Å². The highest BCUT2D eigenvalue weighted by molar-refractivity contribution is 5.97. The Morgan fingerprint density at radius 1 is 1.07 bits per heavy atom. The number of benzene rings is 1. The van der Waals surface area contributed by atoms with Crippen molar-refractivity contribution >= 4 is 11.8 Å². The Hall–Kier alpha value is -2.04. The van der Waals surface area contributed by atoms with Crippen molar-refractivity contribution < 1.29 is 14.3 Å². The standard InChI is InChI=1S/C22H30N2O3/c1-27-20-15-18-5-2-4-17(18)14-19(20)22(26)24-12-8-16(9-13-24)7-11-23-10-3-6-21(23)25/h14-16H,2-13H2,1H3. The molecule has 0 atom stereocenters. The van der Waals surface area contributed by atoms with Crippen LogP contribution in [0.2, 0.25) is 0 Å². The number of ether oxygens (including phenoxy) is 1. The molecule has 27 heavy (non-hydrogen) atoms. The molecule has 0 unspecified atom stereocenters. The molecule has 5 nitrogen and oxygen atoms in total. The first-order valence-corrected chi connectivity index (χ1v) is 10.4. The number of hydrogen-bond donors (Lipinski definition) is 0. The zero-order chi connectivity index (χ0) is 18.8. The number of nitrogens with zero attached hydrogens (tertiary/aromatic N) is 2. The summed E-state index contributed by atoms with van der Waals surface area (Å²) >= 11 is 0. The number of piperidine rings is 1. The minimum atomic E-state index is 0.106. The smallest absolute Gasteiger partial charge is 0.257 e. The maximum atomic E-state index is 13.1. The summed E-state index contributed by atoms with van der Waals surface area (Å²) in [5.41, 5.74) is 3.36. The van der Waals surface area contributed by atoms with Gasteiger partial charge in [-0.2, -0.15) is 0 Å². The van der Waals surface area contributed by atoms with Gasteiger partial charge in [0.15, 0.2) is 0 Å². The number of carbonyl (C=O) groups is 2. The van der Waals surface area contributed by atoms with Crippen LogP contribution in [0.15, 0.2) is 12.1 Å². The Morgan fingerprint density at radius 2 is 1.81 bits per heavy atom. The van der Waals surface area contributed by atoms with Crippen molar-refractivity contribution in [2.45, 2.75) is 51.4 Å². The Kier molecular flexibility index (Phi) is 5.37. The van der Waals surface area contributed by atoms with Crippen LogP contribution in [0.5, 0.6) is 5.75 Å². The molecule has 4 rings (SSSR count). The molecule has 1 aromatic carbocycles. The number of likely N-dealkylation sites (tertiary alicyclic amines) is 2. The molecule has 3 aliphatic rings. The Labute approximate surface area is 161 Å². The van der Waals surface area contributed by atoms with E-state index in [-0.39, 0.29) is 5.91 Å². The van der Waals surface area contributed by atoms with Gasteiger partial charge < -0.3 is 14.5 Å². The van der Waals surface area contributed by atoms with Crippen molar-refractivity contribution in [3.8, 4) is 5.75 Å². The predicted molar refractivity (Wildman–Crippen MR) is 104 cm³/mol. The number of fused-ring (bicyclic) bond motifs is 1. The number of aryl methyl sites for hydroxylation is 2. The maximum Gasteiger partial charge on any atom is 0.257 e. The van der Waals surface area contributed by atoms with Crippen LogP contribution in [-0.2, 0) is 17.6 Å². The van der Waals surface area contributed by atoms with Crippen molar-refractivity contribution in [2.75, 3.05) is 33.3 Å². The van der Waals surface area contributed by atoms with Crippen LogP contribution in [0.25, 0.3) is 0 Å². The van der Waals surface area contributed by atoms with Crippen LogP contribution in [0.1, 0.15) is 60.0 Å². The van der Waals surface area contributed by atoms with Crippen LogP contribution in [0.4, 0.5) is 0 Å². The molecule has 146 valence electrons. The van der Waals surface area contributed by atoms with Crippen LogP contribution in [0, 0.1) is 5.92 Å². The van der Waals surface area contributed by atoms with Gasteiger partial charge in [-0.25, -0.2) is 0 Å². The van der Waals surface area contributed by atoms with Gasteiger partial charge in [-0.3, -0.25) is 9.59 Å². The molecule has 0 aromatic heterocycles. The first-order chi connectivity index (χ1) is 13.2. The molecule has 0 radical (unpaired) electrons. The molecule has 0 spiro atoms. The second-order valence-electron chi connectivity index (χ2n) is 8.18. The molecule has 1 aliphatic carbocycles. The van der Waals surface area contributed by atoms with Crippen LogP contribution < -0.4 is 4.74 Å². The van der Waals surface area contributed by atoms with Gasteiger partial charge in [-0.1, -0.05) is 0 Å². The van der Waals surface area contributed by atoms with E-state index in [1.165, 1.54) is 17.5 Å². The maximum absolute atomic E-state index is 13.1. The van der Waals surface area contributed by atoms with E-state index in [1.54, 1.807) is 7.11 Å². The highest BCUT2D eigenvalue weighted by atomic mass is 16.5. The Morgan fingerprint density at radius 3 is 2.48 bits per heavy atom. The average Bonchev–Trinajstić information content (AvgIpc) is 3.33. The average molecular weight is 370 g/mol. The van der Waals surface area contributed by atoms with E-state index in [2.05, 4.69) is 12.1 Å². The highest BCUT2D eigenvalue weighted by Gasteiger charge is 2.28. The third-order valence-corrected chi connectivity index (χ3v) is 6.52. The Balaban J connectivity index is 1.34. The molecule has 0 saturated carbocycles. The lowest BCUT2D eigenvalue weighted by Gasteiger charge is -2.33. The monoisotopic (exact) mass is 370 g/mol. The minimum Gasteiger partial charge on any atom is -0.496 e. The van der Waals surface area contributed by atoms with E-state index in [9.17, 15) is 9.59 Å². The van der Waals surface area contributed by atoms with Crippen LogP contribution >= 0.6 is 0 Å². The van der Waals surface area contributed by atoms with Crippen molar-refractivity contribution in [2.24, 2.45) is 5.92 Å². The van der Waals surface area contributed by atoms with E-state index in [0.29, 0.717) is 11.8 Å². The zero-order valence-corrected chi connectivity index (χ0v) is 16.3. The molecule has 2 heterocycles. The lowest BCUT2D eigenvalue weighted by molar-refractivity contribution is -0.127. The molecular weight excluding hydrogens is 340 g/mol. The van der Waals surface area contributed by atoms with Gasteiger partial charge >= 0.3 is 0 Å². The molecule has 2 fully saturated rings. The van der Waals surface area contributed by atoms with Gasteiger partial charge in [0, 0.05) is 32.6 Å². The van der Waals surface area contributed by atoms with Crippen molar-refractivity contribution in [1.82, 2.24) is 9.80 Å². The minimum absolute atomic E-state index is 0.106. The lowest BCUT2D eigenvalue weighted by atomic mass is 9.92. The Bertz CT molecular complexity index is 723. The fraction of sp³-hybridized carbons (Fsp3) is 0.636. The largest absolute Gasteiger partial charge is 0.496 e. The van der Waals surface area contributed by atoms with Gasteiger partial charge in [-0.05, 0) is 74.1 Å². The summed E-state index contributed by atoms with van der Waals surface area (Å²) in [6.45, 7) is 3.42. The predicted octanol–water partition coefficient (Wildman–Crippen LogP) is 3.05. The SMILES string of the molecule is COc1cc2c(cc1C(=O)N1CCC(CCN3CCCC3=O)CC1)CCC2. The number of hydrogen-bond acceptors (Lipinski definition) is 3. The number of amides is 2. The summed E-state index contributed by atoms with van der Waals surface area (Å²) in [5, 5.41) is 0. The van der Waals surface area contributed by atoms with E-state index in [0.717, 1.165) is 82.4 Å². The van der Waals surface area contributed by atoms with Crippen molar-refractivity contribution in [3.63, 3.8) is 0 Å². The molecular formula is C22H30N2O3. The van der Waals surface area contributed by atoms with Crippen LogP contribution in [0.3, 0.4) is 0 Å². The second-order valence-corrected chi connectivity index (χ2v) is 8.18. The summed E-state index contributed by atoms with van der Waals surface area (Å²) in [7, 11) is 1.65. The van der Waals surface area contributed by atoms with Gasteiger partial charge in [0.05, 0.1) is 12.7 Å². The third-order valence-electron chi connectivity index (χ3n) is 6.52. The summed E-state index contributed by atoms with van der Waals surface area (Å²) in [4.78, 5) is 28.8. The van der Waals surface area contributed by atoms with Crippen molar-refractivity contribution in [3.05, 3.63) is 28.8 Å². The third kappa shape index (κ3) is 3.83. The molecule has 0 bridgehead atoms.